The molecule has 1 amide bonds. The molecule has 0 fully saturated rings. The molecule has 0 aliphatic carbocycles. The van der Waals surface area contributed by atoms with E-state index in [1.807, 2.05) is 18.7 Å². The first-order valence-corrected chi connectivity index (χ1v) is 7.23. The number of aromatic nitrogens is 2. The van der Waals surface area contributed by atoms with Gasteiger partial charge in [0.05, 0.1) is 12.0 Å². The lowest BCUT2D eigenvalue weighted by Gasteiger charge is -2.18. The Hall–Kier alpha value is -2.16. The number of hydrogen-bond acceptors (Lipinski definition) is 6. The average Bonchev–Trinajstić information content (AvgIpc) is 2.97. The van der Waals surface area contributed by atoms with E-state index in [-0.39, 0.29) is 11.7 Å². The second kappa shape index (κ2) is 6.08. The number of carbonyl (C=O) groups excluding carboxylic acids is 1. The van der Waals surface area contributed by atoms with E-state index in [2.05, 4.69) is 9.98 Å². The van der Waals surface area contributed by atoms with Crippen LogP contribution in [0.5, 0.6) is 0 Å². The standard InChI is InChI=1S/C12H15N5O3S/c1-4-16(5-2)12-14-11(18)8(21-12)6-9-13-7-10(15(9)3)17(19)20/h6-7H,4-5H2,1-3H3/b8-6-. The van der Waals surface area contributed by atoms with E-state index in [9.17, 15) is 14.9 Å². The van der Waals surface area contributed by atoms with Crippen LogP contribution in [-0.4, -0.2) is 43.5 Å². The normalized spacial score (nSPS) is 16.4. The molecule has 1 aromatic heterocycles. The summed E-state index contributed by atoms with van der Waals surface area (Å²) in [6, 6.07) is 0. The number of thioether (sulfide) groups is 1. The highest BCUT2D eigenvalue weighted by molar-refractivity contribution is 8.18. The second-order valence-corrected chi connectivity index (χ2v) is 5.28. The van der Waals surface area contributed by atoms with Gasteiger partial charge in [0.15, 0.2) is 5.17 Å². The molecule has 1 aromatic rings. The lowest BCUT2D eigenvalue weighted by Crippen LogP contribution is -2.27. The number of aliphatic imine (C=N–C) groups is 1. The van der Waals surface area contributed by atoms with Gasteiger partial charge >= 0.3 is 5.82 Å². The van der Waals surface area contributed by atoms with Crippen molar-refractivity contribution < 1.29 is 9.72 Å². The number of rotatable bonds is 4. The molecule has 0 unspecified atom stereocenters. The minimum absolute atomic E-state index is 0.123. The molecule has 112 valence electrons. The van der Waals surface area contributed by atoms with Gasteiger partial charge in [-0.3, -0.25) is 4.79 Å². The second-order valence-electron chi connectivity index (χ2n) is 4.27. The summed E-state index contributed by atoms with van der Waals surface area (Å²) >= 11 is 1.26. The largest absolute Gasteiger partial charge is 0.358 e. The van der Waals surface area contributed by atoms with Crippen molar-refractivity contribution in [2.45, 2.75) is 13.8 Å². The Morgan fingerprint density at radius 3 is 2.67 bits per heavy atom. The predicted molar refractivity (Wildman–Crippen MR) is 80.8 cm³/mol. The molecule has 2 heterocycles. The van der Waals surface area contributed by atoms with E-state index >= 15 is 0 Å². The third-order valence-corrected chi connectivity index (χ3v) is 4.13. The van der Waals surface area contributed by atoms with Gasteiger partial charge in [0, 0.05) is 19.2 Å². The molecule has 0 saturated carbocycles. The molecule has 8 nitrogen and oxygen atoms in total. The van der Waals surface area contributed by atoms with Crippen molar-refractivity contribution in [3.8, 4) is 0 Å². The maximum absolute atomic E-state index is 11.9. The fourth-order valence-corrected chi connectivity index (χ4v) is 2.87. The van der Waals surface area contributed by atoms with Crippen LogP contribution in [0.4, 0.5) is 5.82 Å². The lowest BCUT2D eigenvalue weighted by atomic mass is 10.4. The van der Waals surface area contributed by atoms with Crippen molar-refractivity contribution >= 4 is 34.7 Å². The van der Waals surface area contributed by atoms with Gasteiger partial charge in [-0.1, -0.05) is 0 Å². The summed E-state index contributed by atoms with van der Waals surface area (Å²) in [7, 11) is 1.54. The highest BCUT2D eigenvalue weighted by atomic mass is 32.2. The van der Waals surface area contributed by atoms with Crippen molar-refractivity contribution in [3.63, 3.8) is 0 Å². The van der Waals surface area contributed by atoms with Crippen LogP contribution in [0.2, 0.25) is 0 Å². The van der Waals surface area contributed by atoms with E-state index in [1.165, 1.54) is 35.6 Å². The highest BCUT2D eigenvalue weighted by Gasteiger charge is 2.26. The van der Waals surface area contributed by atoms with Crippen molar-refractivity contribution in [3.05, 3.63) is 27.0 Å². The fourth-order valence-electron chi connectivity index (χ4n) is 1.86. The molecule has 0 saturated heterocycles. The monoisotopic (exact) mass is 309 g/mol. The zero-order valence-electron chi connectivity index (χ0n) is 11.9. The number of amides is 1. The van der Waals surface area contributed by atoms with Gasteiger partial charge in [-0.05, 0) is 30.5 Å². The van der Waals surface area contributed by atoms with Gasteiger partial charge in [0.2, 0.25) is 5.82 Å². The summed E-state index contributed by atoms with van der Waals surface area (Å²) in [5.74, 6) is -0.108. The van der Waals surface area contributed by atoms with Crippen LogP contribution in [0.3, 0.4) is 0 Å². The van der Waals surface area contributed by atoms with Crippen LogP contribution >= 0.6 is 11.8 Å². The van der Waals surface area contributed by atoms with Crippen molar-refractivity contribution in [1.82, 2.24) is 14.5 Å². The van der Waals surface area contributed by atoms with Crippen LogP contribution in [0.15, 0.2) is 16.1 Å². The van der Waals surface area contributed by atoms with Gasteiger partial charge in [-0.25, -0.2) is 9.55 Å². The molecule has 0 radical (unpaired) electrons. The highest BCUT2D eigenvalue weighted by Crippen LogP contribution is 2.30. The first kappa shape index (κ1) is 15.2. The summed E-state index contributed by atoms with van der Waals surface area (Å²) in [6.45, 7) is 5.50. The summed E-state index contributed by atoms with van der Waals surface area (Å²) in [5.41, 5.74) is 0. The number of imidazole rings is 1. The third-order valence-electron chi connectivity index (χ3n) is 3.09. The SMILES string of the molecule is CCN(CC)C1=NC(=O)/C(=C/c2ncc([N+](=O)[O-])n2C)S1. The Bertz CT molecular complexity index is 645. The molecule has 1 aliphatic heterocycles. The first-order valence-electron chi connectivity index (χ1n) is 6.41. The third kappa shape index (κ3) is 2.97. The smallest absolute Gasteiger partial charge is 0.342 e. The zero-order chi connectivity index (χ0) is 15.6. The predicted octanol–water partition coefficient (Wildman–Crippen LogP) is 1.64. The Labute approximate surface area is 125 Å². The number of nitro groups is 1. The van der Waals surface area contributed by atoms with Gasteiger partial charge in [0.25, 0.3) is 5.91 Å². The van der Waals surface area contributed by atoms with Crippen LogP contribution < -0.4 is 0 Å². The Balaban J connectivity index is 2.25. The van der Waals surface area contributed by atoms with Gasteiger partial charge < -0.3 is 15.0 Å². The van der Waals surface area contributed by atoms with Gasteiger partial charge in [-0.2, -0.15) is 4.99 Å². The first-order chi connectivity index (χ1) is 9.97. The molecule has 2 rings (SSSR count). The molecule has 0 aromatic carbocycles. The van der Waals surface area contributed by atoms with E-state index in [1.54, 1.807) is 0 Å². The number of nitrogens with zero attached hydrogens (tertiary/aromatic N) is 5. The Morgan fingerprint density at radius 2 is 2.14 bits per heavy atom. The molecule has 0 N–H and O–H groups in total. The van der Waals surface area contributed by atoms with Gasteiger partial charge in [0.1, 0.15) is 6.20 Å². The zero-order valence-corrected chi connectivity index (χ0v) is 12.8. The van der Waals surface area contributed by atoms with E-state index in [0.29, 0.717) is 15.9 Å². The average molecular weight is 309 g/mol. The minimum Gasteiger partial charge on any atom is -0.358 e. The lowest BCUT2D eigenvalue weighted by molar-refractivity contribution is -0.391. The molecule has 0 bridgehead atoms. The van der Waals surface area contributed by atoms with Crippen molar-refractivity contribution in [2.75, 3.05) is 13.1 Å². The number of carbonyl (C=O) groups is 1. The van der Waals surface area contributed by atoms with Crippen LogP contribution in [0, 0.1) is 10.1 Å². The van der Waals surface area contributed by atoms with E-state index in [0.717, 1.165) is 13.1 Å². The Morgan fingerprint density at radius 1 is 1.48 bits per heavy atom. The van der Waals surface area contributed by atoms with E-state index < -0.39 is 4.92 Å². The summed E-state index contributed by atoms with van der Waals surface area (Å²) < 4.78 is 1.33. The minimum atomic E-state index is -0.517. The quantitative estimate of drug-likeness (QED) is 0.477. The van der Waals surface area contributed by atoms with Crippen LogP contribution in [0.1, 0.15) is 19.7 Å². The molecular formula is C12H15N5O3S. The maximum Gasteiger partial charge on any atom is 0.342 e. The molecule has 21 heavy (non-hydrogen) atoms. The fraction of sp³-hybridized carbons (Fsp3) is 0.417. The molecule has 9 heteroatoms. The van der Waals surface area contributed by atoms with Gasteiger partial charge in [-0.15, -0.1) is 0 Å². The molecule has 1 aliphatic rings. The van der Waals surface area contributed by atoms with Crippen molar-refractivity contribution in [1.29, 1.82) is 0 Å². The number of amidine groups is 1. The van der Waals surface area contributed by atoms with Crippen LogP contribution in [-0.2, 0) is 11.8 Å². The summed E-state index contributed by atoms with van der Waals surface area (Å²) in [6.07, 6.45) is 2.70. The Kier molecular flexibility index (Phi) is 4.41. The topological polar surface area (TPSA) is 93.6 Å². The van der Waals surface area contributed by atoms with Crippen molar-refractivity contribution in [2.24, 2.45) is 12.0 Å². The summed E-state index contributed by atoms with van der Waals surface area (Å²) in [5, 5.41) is 11.4. The maximum atomic E-state index is 11.9. The molecular weight excluding hydrogens is 294 g/mol. The van der Waals surface area contributed by atoms with E-state index in [4.69, 9.17) is 0 Å². The summed E-state index contributed by atoms with van der Waals surface area (Å²) in [4.78, 5) is 32.5. The van der Waals surface area contributed by atoms with Crippen LogP contribution in [0.25, 0.3) is 6.08 Å². The number of hydrogen-bond donors (Lipinski definition) is 0. The molecule has 0 atom stereocenters. The molecule has 0 spiro atoms.